The van der Waals surface area contributed by atoms with E-state index in [0.29, 0.717) is 10.0 Å². The van der Waals surface area contributed by atoms with Crippen LogP contribution in [0.25, 0.3) is 0 Å². The Labute approximate surface area is 119 Å². The molecular weight excluding hydrogens is 311 g/mol. The lowest BCUT2D eigenvalue weighted by atomic mass is 10.1. The molecule has 19 heavy (non-hydrogen) atoms. The van der Waals surface area contributed by atoms with Gasteiger partial charge in [0.05, 0.1) is 10.9 Å². The molecule has 0 fully saturated rings. The van der Waals surface area contributed by atoms with Crippen molar-refractivity contribution in [2.24, 2.45) is 0 Å². The zero-order valence-electron chi connectivity index (χ0n) is 10.1. The Morgan fingerprint density at radius 2 is 1.84 bits per heavy atom. The third kappa shape index (κ3) is 4.17. The highest BCUT2D eigenvalue weighted by molar-refractivity contribution is 9.10. The van der Waals surface area contributed by atoms with Gasteiger partial charge in [-0.25, -0.2) is 4.39 Å². The second kappa shape index (κ2) is 6.48. The van der Waals surface area contributed by atoms with Gasteiger partial charge in [-0.1, -0.05) is 36.4 Å². The van der Waals surface area contributed by atoms with Crippen LogP contribution in [-0.4, -0.2) is 5.97 Å². The van der Waals surface area contributed by atoms with Crippen LogP contribution in [0, 0.1) is 5.82 Å². The quantitative estimate of drug-likeness (QED) is 0.799. The Hall–Kier alpha value is -1.68. The van der Waals surface area contributed by atoms with Crippen LogP contribution in [0.1, 0.15) is 11.1 Å². The number of hydrogen-bond donors (Lipinski definition) is 0. The van der Waals surface area contributed by atoms with Gasteiger partial charge in [0.25, 0.3) is 0 Å². The Morgan fingerprint density at radius 1 is 1.11 bits per heavy atom. The van der Waals surface area contributed by atoms with Gasteiger partial charge in [0.1, 0.15) is 12.4 Å². The van der Waals surface area contributed by atoms with Crippen LogP contribution < -0.4 is 0 Å². The summed E-state index contributed by atoms with van der Waals surface area (Å²) < 4.78 is 18.5. The van der Waals surface area contributed by atoms with Crippen molar-refractivity contribution in [2.75, 3.05) is 0 Å². The van der Waals surface area contributed by atoms with E-state index < -0.39 is 0 Å². The fraction of sp³-hybridized carbons (Fsp3) is 0.133. The Balaban J connectivity index is 1.89. The van der Waals surface area contributed by atoms with Crippen LogP contribution in [0.2, 0.25) is 0 Å². The minimum atomic E-state index is -0.346. The lowest BCUT2D eigenvalue weighted by Gasteiger charge is -2.05. The molecule has 98 valence electrons. The van der Waals surface area contributed by atoms with Gasteiger partial charge in [-0.15, -0.1) is 0 Å². The summed E-state index contributed by atoms with van der Waals surface area (Å²) in [5.41, 5.74) is 1.66. The predicted octanol–water partition coefficient (Wildman–Crippen LogP) is 3.87. The summed E-state index contributed by atoms with van der Waals surface area (Å²) in [4.78, 5) is 11.7. The van der Waals surface area contributed by atoms with Crippen LogP contribution in [-0.2, 0) is 22.6 Å². The van der Waals surface area contributed by atoms with Crippen LogP contribution in [0.5, 0.6) is 0 Å². The highest BCUT2D eigenvalue weighted by atomic mass is 79.9. The summed E-state index contributed by atoms with van der Waals surface area (Å²) >= 11 is 3.08. The van der Waals surface area contributed by atoms with Crippen molar-refractivity contribution >= 4 is 21.9 Å². The first kappa shape index (κ1) is 13.7. The number of benzene rings is 2. The third-order valence-electron chi connectivity index (χ3n) is 2.58. The van der Waals surface area contributed by atoms with Crippen molar-refractivity contribution in [1.82, 2.24) is 0 Å². The van der Waals surface area contributed by atoms with Crippen molar-refractivity contribution in [3.05, 3.63) is 69.9 Å². The van der Waals surface area contributed by atoms with Crippen LogP contribution in [0.3, 0.4) is 0 Å². The molecule has 0 radical (unpaired) electrons. The first-order valence-corrected chi connectivity index (χ1v) is 6.58. The molecule has 2 rings (SSSR count). The van der Waals surface area contributed by atoms with E-state index in [0.717, 1.165) is 5.56 Å². The van der Waals surface area contributed by atoms with Gasteiger partial charge in [0, 0.05) is 0 Å². The number of ether oxygens (including phenoxy) is 1. The predicted molar refractivity (Wildman–Crippen MR) is 74.0 cm³/mol. The topological polar surface area (TPSA) is 26.3 Å². The monoisotopic (exact) mass is 322 g/mol. The molecule has 0 aliphatic heterocycles. The summed E-state index contributed by atoms with van der Waals surface area (Å²) in [6.07, 6.45) is 0.131. The SMILES string of the molecule is O=C(Cc1ccc(F)c(Br)c1)OCc1ccccc1. The van der Waals surface area contributed by atoms with Crippen LogP contribution in [0.15, 0.2) is 53.0 Å². The maximum absolute atomic E-state index is 13.0. The number of carbonyl (C=O) groups is 1. The molecule has 2 nitrogen and oxygen atoms in total. The van der Waals surface area contributed by atoms with E-state index in [4.69, 9.17) is 4.74 Å². The smallest absolute Gasteiger partial charge is 0.310 e. The van der Waals surface area contributed by atoms with Crippen molar-refractivity contribution < 1.29 is 13.9 Å². The average molecular weight is 323 g/mol. The first-order chi connectivity index (χ1) is 9.15. The molecule has 0 spiro atoms. The molecule has 0 aromatic heterocycles. The molecule has 2 aromatic rings. The number of rotatable bonds is 4. The number of carbonyl (C=O) groups excluding carboxylic acids is 1. The van der Waals surface area contributed by atoms with E-state index >= 15 is 0 Å². The maximum Gasteiger partial charge on any atom is 0.310 e. The lowest BCUT2D eigenvalue weighted by Crippen LogP contribution is -2.08. The summed E-state index contributed by atoms with van der Waals surface area (Å²) in [5.74, 6) is -0.677. The van der Waals surface area contributed by atoms with Gasteiger partial charge in [-0.3, -0.25) is 4.79 Å². The Bertz CT molecular complexity index is 570. The maximum atomic E-state index is 13.0. The molecule has 0 atom stereocenters. The van der Waals surface area contributed by atoms with Gasteiger partial charge >= 0.3 is 5.97 Å². The van der Waals surface area contributed by atoms with Crippen molar-refractivity contribution in [1.29, 1.82) is 0 Å². The van der Waals surface area contributed by atoms with Crippen molar-refractivity contribution in [3.8, 4) is 0 Å². The highest BCUT2D eigenvalue weighted by Gasteiger charge is 2.07. The van der Waals surface area contributed by atoms with E-state index in [2.05, 4.69) is 15.9 Å². The summed E-state index contributed by atoms with van der Waals surface area (Å²) in [7, 11) is 0. The fourth-order valence-electron chi connectivity index (χ4n) is 1.61. The molecule has 4 heteroatoms. The van der Waals surface area contributed by atoms with E-state index in [1.54, 1.807) is 12.1 Å². The van der Waals surface area contributed by atoms with E-state index in [-0.39, 0.29) is 24.8 Å². The zero-order valence-corrected chi connectivity index (χ0v) is 11.7. The number of halogens is 2. The highest BCUT2D eigenvalue weighted by Crippen LogP contribution is 2.17. The van der Waals surface area contributed by atoms with E-state index in [9.17, 15) is 9.18 Å². The molecule has 0 unspecified atom stereocenters. The molecule has 0 N–H and O–H groups in total. The molecule has 0 aliphatic rings. The first-order valence-electron chi connectivity index (χ1n) is 5.78. The third-order valence-corrected chi connectivity index (χ3v) is 3.18. The Kier molecular flexibility index (Phi) is 4.68. The molecule has 0 heterocycles. The second-order valence-electron chi connectivity index (χ2n) is 4.07. The zero-order chi connectivity index (χ0) is 13.7. The van der Waals surface area contributed by atoms with E-state index in [1.807, 2.05) is 30.3 Å². The van der Waals surface area contributed by atoms with E-state index in [1.165, 1.54) is 6.07 Å². The number of hydrogen-bond acceptors (Lipinski definition) is 2. The lowest BCUT2D eigenvalue weighted by molar-refractivity contribution is -0.144. The van der Waals surface area contributed by atoms with Crippen molar-refractivity contribution in [2.45, 2.75) is 13.0 Å². The van der Waals surface area contributed by atoms with Gasteiger partial charge in [-0.05, 0) is 39.2 Å². The van der Waals surface area contributed by atoms with Gasteiger partial charge < -0.3 is 4.74 Å². The standard InChI is InChI=1S/C15H12BrFO2/c16-13-8-12(6-7-14(13)17)9-15(18)19-10-11-4-2-1-3-5-11/h1-8H,9-10H2. The van der Waals surface area contributed by atoms with Gasteiger partial charge in [-0.2, -0.15) is 0 Å². The van der Waals surface area contributed by atoms with Gasteiger partial charge in [0.2, 0.25) is 0 Å². The average Bonchev–Trinajstić information content (AvgIpc) is 2.42. The molecule has 0 saturated heterocycles. The molecular formula is C15H12BrFO2. The van der Waals surface area contributed by atoms with Crippen LogP contribution in [0.4, 0.5) is 4.39 Å². The Morgan fingerprint density at radius 3 is 2.53 bits per heavy atom. The molecule has 0 aliphatic carbocycles. The second-order valence-corrected chi connectivity index (χ2v) is 4.93. The summed E-state index contributed by atoms with van der Waals surface area (Å²) in [6, 6.07) is 13.9. The normalized spacial score (nSPS) is 10.2. The molecule has 0 bridgehead atoms. The summed E-state index contributed by atoms with van der Waals surface area (Å²) in [5, 5.41) is 0. The molecule has 2 aromatic carbocycles. The fourth-order valence-corrected chi connectivity index (χ4v) is 2.03. The largest absolute Gasteiger partial charge is 0.461 e. The minimum Gasteiger partial charge on any atom is -0.461 e. The summed E-state index contributed by atoms with van der Waals surface area (Å²) in [6.45, 7) is 0.252. The minimum absolute atomic E-state index is 0.131. The van der Waals surface area contributed by atoms with Crippen LogP contribution >= 0.6 is 15.9 Å². The van der Waals surface area contributed by atoms with Gasteiger partial charge in [0.15, 0.2) is 0 Å². The van der Waals surface area contributed by atoms with Crippen molar-refractivity contribution in [3.63, 3.8) is 0 Å². The number of esters is 1. The molecule has 0 saturated carbocycles. The molecule has 0 amide bonds.